The van der Waals surface area contributed by atoms with Crippen molar-refractivity contribution in [3.05, 3.63) is 64.9 Å². The lowest BCUT2D eigenvalue weighted by atomic mass is 10.0. The van der Waals surface area contributed by atoms with Gasteiger partial charge in [0.25, 0.3) is 0 Å². The first kappa shape index (κ1) is 19.8. The van der Waals surface area contributed by atoms with Crippen LogP contribution in [-0.2, 0) is 4.79 Å². The first-order chi connectivity index (χ1) is 15.0. The summed E-state index contributed by atoms with van der Waals surface area (Å²) in [5, 5.41) is 11.5. The van der Waals surface area contributed by atoms with Crippen molar-refractivity contribution in [1.29, 1.82) is 0 Å². The van der Waals surface area contributed by atoms with E-state index in [2.05, 4.69) is 14.9 Å². The van der Waals surface area contributed by atoms with Gasteiger partial charge < -0.3 is 15.0 Å². The smallest absolute Gasteiger partial charge is 0.325 e. The molecule has 0 spiro atoms. The molecule has 8 heteroatoms. The van der Waals surface area contributed by atoms with Gasteiger partial charge in [0.15, 0.2) is 5.82 Å². The first-order valence-corrected chi connectivity index (χ1v) is 10.6. The number of hydrogen-bond acceptors (Lipinski definition) is 5. The van der Waals surface area contributed by atoms with E-state index in [0.717, 1.165) is 39.0 Å². The molecule has 0 saturated carbocycles. The predicted octanol–water partition coefficient (Wildman–Crippen LogP) is 4.02. The zero-order valence-corrected chi connectivity index (χ0v) is 17.8. The monoisotopic (exact) mass is 435 g/mol. The molecule has 1 atom stereocenters. The summed E-state index contributed by atoms with van der Waals surface area (Å²) in [6.07, 6.45) is 1.78. The summed E-state index contributed by atoms with van der Waals surface area (Å²) in [6, 6.07) is 12.6. The number of carboxylic acids is 1. The van der Waals surface area contributed by atoms with Crippen LogP contribution in [0.15, 0.2) is 48.7 Å². The van der Waals surface area contributed by atoms with E-state index in [4.69, 9.17) is 16.6 Å². The first-order valence-electron chi connectivity index (χ1n) is 10.2. The van der Waals surface area contributed by atoms with Gasteiger partial charge in [-0.25, -0.2) is 9.97 Å². The average Bonchev–Trinajstić information content (AvgIpc) is 3.16. The zero-order valence-electron chi connectivity index (χ0n) is 17.0. The van der Waals surface area contributed by atoms with Crippen LogP contribution in [0.25, 0.3) is 21.9 Å². The molecule has 1 fully saturated rings. The number of aryl methyl sites for hydroxylation is 1. The van der Waals surface area contributed by atoms with Crippen molar-refractivity contribution >= 4 is 45.3 Å². The number of piperazine rings is 1. The third kappa shape index (κ3) is 3.60. The largest absolute Gasteiger partial charge is 0.480 e. The maximum Gasteiger partial charge on any atom is 0.325 e. The van der Waals surface area contributed by atoms with Crippen LogP contribution in [0.5, 0.6) is 0 Å². The quantitative estimate of drug-likeness (QED) is 0.503. The number of nitrogens with zero attached hydrogens (tertiary/aromatic N) is 4. The second-order valence-corrected chi connectivity index (χ2v) is 8.26. The Balaban J connectivity index is 1.40. The van der Waals surface area contributed by atoms with E-state index in [0.29, 0.717) is 31.2 Å². The van der Waals surface area contributed by atoms with Crippen molar-refractivity contribution in [1.82, 2.24) is 19.9 Å². The van der Waals surface area contributed by atoms with Crippen LogP contribution in [0.1, 0.15) is 17.3 Å². The maximum absolute atomic E-state index is 12.3. The van der Waals surface area contributed by atoms with Crippen LogP contribution in [0, 0.1) is 6.92 Å². The molecule has 7 nitrogen and oxygen atoms in total. The molecule has 0 unspecified atom stereocenters. The van der Waals surface area contributed by atoms with Crippen LogP contribution < -0.4 is 4.90 Å². The van der Waals surface area contributed by atoms with E-state index in [9.17, 15) is 9.90 Å². The molecule has 2 N–H and O–H groups in total. The number of aromatic amines is 1. The minimum atomic E-state index is -0.865. The third-order valence-electron chi connectivity index (χ3n) is 5.90. The van der Waals surface area contributed by atoms with Gasteiger partial charge in [-0.2, -0.15) is 0 Å². The summed E-state index contributed by atoms with van der Waals surface area (Å²) < 4.78 is 0. The normalized spacial score (nSPS) is 16.1. The van der Waals surface area contributed by atoms with Gasteiger partial charge in [-0.05, 0) is 37.3 Å². The molecule has 3 heterocycles. The van der Waals surface area contributed by atoms with Gasteiger partial charge in [-0.3, -0.25) is 9.69 Å². The highest BCUT2D eigenvalue weighted by molar-refractivity contribution is 6.31. The standard InChI is InChI=1S/C23H22ClN5O2/c1-14-22(27-20-5-3-2-4-19(20)26-14)29-10-8-28(9-11-29)21(23(30)31)17-13-25-18-7-6-15(24)12-16(17)18/h2-7,12-13,21,25H,8-11H2,1H3,(H,30,31)/t21-/m0/s1. The number of halogens is 1. The molecule has 2 aromatic heterocycles. The number of carboxylic acid groups (broad SMARTS) is 1. The topological polar surface area (TPSA) is 85.3 Å². The Bertz CT molecular complexity index is 1280. The predicted molar refractivity (Wildman–Crippen MR) is 122 cm³/mol. The highest BCUT2D eigenvalue weighted by Crippen LogP contribution is 2.32. The van der Waals surface area contributed by atoms with Crippen molar-refractivity contribution in [2.75, 3.05) is 31.1 Å². The minimum absolute atomic E-state index is 0.590. The average molecular weight is 436 g/mol. The molecular formula is C23H22ClN5O2. The van der Waals surface area contributed by atoms with Gasteiger partial charge in [-0.15, -0.1) is 0 Å². The third-order valence-corrected chi connectivity index (χ3v) is 6.14. The number of benzene rings is 2. The lowest BCUT2D eigenvalue weighted by molar-refractivity contribution is -0.143. The molecule has 0 radical (unpaired) electrons. The molecule has 1 saturated heterocycles. The summed E-state index contributed by atoms with van der Waals surface area (Å²) in [4.78, 5) is 29.1. The SMILES string of the molecule is Cc1nc2ccccc2nc1N1CCN([C@H](C(=O)O)c2c[nH]c3ccc(Cl)cc23)CC1. The highest BCUT2D eigenvalue weighted by atomic mass is 35.5. The van der Waals surface area contributed by atoms with Crippen molar-refractivity contribution < 1.29 is 9.90 Å². The Kier molecular flexibility index (Phi) is 5.00. The van der Waals surface area contributed by atoms with E-state index in [-0.39, 0.29) is 0 Å². The molecule has 0 amide bonds. The van der Waals surface area contributed by atoms with Crippen LogP contribution in [-0.4, -0.2) is 57.1 Å². The molecule has 31 heavy (non-hydrogen) atoms. The fourth-order valence-corrected chi connectivity index (χ4v) is 4.57. The number of para-hydroxylation sites is 2. The van der Waals surface area contributed by atoms with Crippen LogP contribution in [0.3, 0.4) is 0 Å². The Hall–Kier alpha value is -3.16. The molecule has 1 aliphatic rings. The summed E-state index contributed by atoms with van der Waals surface area (Å²) in [5.74, 6) is 0.0000962. The maximum atomic E-state index is 12.3. The van der Waals surface area contributed by atoms with E-state index in [1.54, 1.807) is 12.3 Å². The van der Waals surface area contributed by atoms with Crippen molar-refractivity contribution in [2.45, 2.75) is 13.0 Å². The van der Waals surface area contributed by atoms with Crippen molar-refractivity contribution in [3.63, 3.8) is 0 Å². The number of aromatic nitrogens is 3. The van der Waals surface area contributed by atoms with Crippen LogP contribution in [0.2, 0.25) is 5.02 Å². The summed E-state index contributed by atoms with van der Waals surface area (Å²) in [7, 11) is 0. The van der Waals surface area contributed by atoms with Crippen LogP contribution in [0.4, 0.5) is 5.82 Å². The second kappa shape index (κ2) is 7.83. The number of nitrogens with one attached hydrogen (secondary N) is 1. The highest BCUT2D eigenvalue weighted by Gasteiger charge is 2.32. The number of aliphatic carboxylic acids is 1. The molecule has 4 aromatic rings. The molecule has 2 aromatic carbocycles. The van der Waals surface area contributed by atoms with E-state index in [1.807, 2.05) is 48.2 Å². The van der Waals surface area contributed by atoms with Gasteiger partial charge in [0, 0.05) is 53.9 Å². The van der Waals surface area contributed by atoms with Gasteiger partial charge in [0.05, 0.1) is 16.7 Å². The van der Waals surface area contributed by atoms with Crippen molar-refractivity contribution in [2.24, 2.45) is 0 Å². The number of carbonyl (C=O) groups is 1. The Labute approximate surface area is 184 Å². The molecule has 5 rings (SSSR count). The summed E-state index contributed by atoms with van der Waals surface area (Å²) in [5.41, 5.74) is 4.25. The number of hydrogen-bond donors (Lipinski definition) is 2. The molecule has 0 aliphatic carbocycles. The fourth-order valence-electron chi connectivity index (χ4n) is 4.40. The number of rotatable bonds is 4. The van der Waals surface area contributed by atoms with Gasteiger partial charge >= 0.3 is 5.97 Å². The van der Waals surface area contributed by atoms with Gasteiger partial charge in [0.1, 0.15) is 6.04 Å². The van der Waals surface area contributed by atoms with Crippen LogP contribution >= 0.6 is 11.6 Å². The lowest BCUT2D eigenvalue weighted by Crippen LogP contribution is -2.49. The minimum Gasteiger partial charge on any atom is -0.480 e. The summed E-state index contributed by atoms with van der Waals surface area (Å²) in [6.45, 7) is 4.55. The Morgan fingerprint density at radius 2 is 1.81 bits per heavy atom. The zero-order chi connectivity index (χ0) is 21.5. The Morgan fingerprint density at radius 3 is 2.52 bits per heavy atom. The molecule has 158 valence electrons. The van der Waals surface area contributed by atoms with E-state index in [1.165, 1.54) is 0 Å². The van der Waals surface area contributed by atoms with E-state index >= 15 is 0 Å². The number of fused-ring (bicyclic) bond motifs is 2. The Morgan fingerprint density at radius 1 is 1.10 bits per heavy atom. The molecule has 1 aliphatic heterocycles. The van der Waals surface area contributed by atoms with Crippen molar-refractivity contribution in [3.8, 4) is 0 Å². The molecule has 0 bridgehead atoms. The second-order valence-electron chi connectivity index (χ2n) is 7.82. The number of H-pyrrole nitrogens is 1. The van der Waals surface area contributed by atoms with Gasteiger partial charge in [0.2, 0.25) is 0 Å². The summed E-state index contributed by atoms with van der Waals surface area (Å²) >= 11 is 6.17. The fraction of sp³-hybridized carbons (Fsp3) is 0.261. The van der Waals surface area contributed by atoms with E-state index < -0.39 is 12.0 Å². The van der Waals surface area contributed by atoms with Gasteiger partial charge in [-0.1, -0.05) is 23.7 Å². The number of anilines is 1. The lowest BCUT2D eigenvalue weighted by Gasteiger charge is -2.38. The molecular weight excluding hydrogens is 414 g/mol.